The molecule has 1 aliphatic carbocycles. The highest BCUT2D eigenvalue weighted by Gasteiger charge is 2.27. The quantitative estimate of drug-likeness (QED) is 0.684. The van der Waals surface area contributed by atoms with E-state index in [2.05, 4.69) is 17.1 Å². The van der Waals surface area contributed by atoms with Crippen LogP contribution in [-0.2, 0) is 0 Å². The second kappa shape index (κ2) is 6.56. The average molecular weight is 317 g/mol. The van der Waals surface area contributed by atoms with E-state index in [-0.39, 0.29) is 22.6 Å². The number of carbonyl (C=O) groups is 1. The summed E-state index contributed by atoms with van der Waals surface area (Å²) in [7, 11) is 0. The molecule has 1 saturated heterocycles. The summed E-state index contributed by atoms with van der Waals surface area (Å²) in [4.78, 5) is 25.3. The number of carbonyl (C=O) groups excluding carboxylic acids is 1. The van der Waals surface area contributed by atoms with E-state index in [1.54, 1.807) is 12.1 Å². The Morgan fingerprint density at radius 2 is 2.04 bits per heavy atom. The molecule has 1 N–H and O–H groups in total. The number of nitro benzene ring substituents is 1. The fraction of sp³-hybridized carbons (Fsp3) is 0.588. The van der Waals surface area contributed by atoms with Crippen molar-refractivity contribution in [2.75, 3.05) is 18.0 Å². The van der Waals surface area contributed by atoms with Crippen LogP contribution >= 0.6 is 0 Å². The third-order valence-electron chi connectivity index (χ3n) is 4.70. The van der Waals surface area contributed by atoms with Gasteiger partial charge in [-0.05, 0) is 50.2 Å². The Bertz CT molecular complexity index is 613. The molecule has 1 aromatic carbocycles. The average Bonchev–Trinajstić information content (AvgIpc) is 3.35. The van der Waals surface area contributed by atoms with Crippen LogP contribution in [0.5, 0.6) is 0 Å². The lowest BCUT2D eigenvalue weighted by atomic mass is 10.0. The first-order valence-corrected chi connectivity index (χ1v) is 8.39. The van der Waals surface area contributed by atoms with Crippen molar-refractivity contribution in [2.24, 2.45) is 5.92 Å². The zero-order chi connectivity index (χ0) is 16.4. The zero-order valence-electron chi connectivity index (χ0n) is 13.5. The number of hydrogen-bond donors (Lipinski definition) is 1. The highest BCUT2D eigenvalue weighted by atomic mass is 16.6. The van der Waals surface area contributed by atoms with E-state index >= 15 is 0 Å². The standard InChI is InChI=1S/C17H23N3O3/c1-12-3-2-9-19(10-8-12)15-7-4-13(11-16(15)20(22)23)17(21)18-14-5-6-14/h4,7,11-12,14H,2-3,5-6,8-10H2,1H3,(H,18,21)/t12-/m0/s1. The van der Waals surface area contributed by atoms with Crippen LogP contribution in [0.25, 0.3) is 0 Å². The van der Waals surface area contributed by atoms with Crippen LogP contribution in [0.4, 0.5) is 11.4 Å². The molecule has 124 valence electrons. The van der Waals surface area contributed by atoms with Gasteiger partial charge in [0.2, 0.25) is 0 Å². The number of nitrogens with one attached hydrogen (secondary N) is 1. The van der Waals surface area contributed by atoms with Gasteiger partial charge in [-0.15, -0.1) is 0 Å². The third kappa shape index (κ3) is 3.81. The summed E-state index contributed by atoms with van der Waals surface area (Å²) in [5, 5.41) is 14.3. The molecule has 1 atom stereocenters. The fourth-order valence-electron chi connectivity index (χ4n) is 3.08. The number of rotatable bonds is 4. The normalized spacial score (nSPS) is 21.6. The smallest absolute Gasteiger partial charge is 0.293 e. The number of benzene rings is 1. The molecule has 6 heteroatoms. The van der Waals surface area contributed by atoms with Crippen molar-refractivity contribution in [1.29, 1.82) is 0 Å². The predicted octanol–water partition coefficient (Wildman–Crippen LogP) is 3.11. The Balaban J connectivity index is 1.84. The van der Waals surface area contributed by atoms with Gasteiger partial charge in [0.25, 0.3) is 11.6 Å². The van der Waals surface area contributed by atoms with Gasteiger partial charge in [-0.2, -0.15) is 0 Å². The highest BCUT2D eigenvalue weighted by molar-refractivity contribution is 5.96. The van der Waals surface area contributed by atoms with Crippen LogP contribution in [-0.4, -0.2) is 30.0 Å². The van der Waals surface area contributed by atoms with Crippen molar-refractivity contribution < 1.29 is 9.72 Å². The fourth-order valence-corrected chi connectivity index (χ4v) is 3.08. The van der Waals surface area contributed by atoms with Crippen LogP contribution < -0.4 is 10.2 Å². The van der Waals surface area contributed by atoms with E-state index in [0.29, 0.717) is 17.2 Å². The monoisotopic (exact) mass is 317 g/mol. The number of nitro groups is 1. The van der Waals surface area contributed by atoms with Crippen LogP contribution in [0.2, 0.25) is 0 Å². The maximum atomic E-state index is 12.1. The van der Waals surface area contributed by atoms with Crippen molar-refractivity contribution >= 4 is 17.3 Å². The van der Waals surface area contributed by atoms with E-state index in [1.807, 2.05) is 0 Å². The molecule has 1 aliphatic heterocycles. The Kier molecular flexibility index (Phi) is 4.50. The van der Waals surface area contributed by atoms with E-state index < -0.39 is 0 Å². The maximum Gasteiger partial charge on any atom is 0.293 e. The van der Waals surface area contributed by atoms with Gasteiger partial charge in [0.05, 0.1) is 4.92 Å². The maximum absolute atomic E-state index is 12.1. The van der Waals surface area contributed by atoms with Crippen molar-refractivity contribution in [3.05, 3.63) is 33.9 Å². The van der Waals surface area contributed by atoms with Gasteiger partial charge in [0.15, 0.2) is 0 Å². The van der Waals surface area contributed by atoms with Gasteiger partial charge in [0, 0.05) is 30.8 Å². The Hall–Kier alpha value is -2.11. The van der Waals surface area contributed by atoms with Crippen molar-refractivity contribution in [2.45, 2.75) is 45.1 Å². The van der Waals surface area contributed by atoms with Gasteiger partial charge in [-0.1, -0.05) is 6.92 Å². The van der Waals surface area contributed by atoms with Gasteiger partial charge in [0.1, 0.15) is 5.69 Å². The van der Waals surface area contributed by atoms with E-state index in [1.165, 1.54) is 6.07 Å². The Morgan fingerprint density at radius 1 is 1.26 bits per heavy atom. The van der Waals surface area contributed by atoms with Gasteiger partial charge in [-0.25, -0.2) is 0 Å². The molecule has 0 radical (unpaired) electrons. The summed E-state index contributed by atoms with van der Waals surface area (Å²) in [6.07, 6.45) is 5.24. The van der Waals surface area contributed by atoms with Crippen LogP contribution in [0.3, 0.4) is 0 Å². The Labute approximate surface area is 136 Å². The van der Waals surface area contributed by atoms with E-state index in [0.717, 1.165) is 45.2 Å². The van der Waals surface area contributed by atoms with E-state index in [4.69, 9.17) is 0 Å². The molecule has 6 nitrogen and oxygen atoms in total. The van der Waals surface area contributed by atoms with Crippen molar-refractivity contribution in [3.63, 3.8) is 0 Å². The number of amides is 1. The van der Waals surface area contributed by atoms with Gasteiger partial charge < -0.3 is 10.2 Å². The van der Waals surface area contributed by atoms with Gasteiger partial charge >= 0.3 is 0 Å². The topological polar surface area (TPSA) is 75.5 Å². The predicted molar refractivity (Wildman–Crippen MR) is 88.8 cm³/mol. The molecule has 2 aliphatic rings. The zero-order valence-corrected chi connectivity index (χ0v) is 13.5. The minimum atomic E-state index is -0.377. The Morgan fingerprint density at radius 3 is 2.74 bits per heavy atom. The van der Waals surface area contributed by atoms with Crippen LogP contribution in [0.15, 0.2) is 18.2 Å². The summed E-state index contributed by atoms with van der Waals surface area (Å²) in [6, 6.07) is 5.10. The summed E-state index contributed by atoms with van der Waals surface area (Å²) in [5.74, 6) is 0.439. The molecule has 3 rings (SSSR count). The minimum Gasteiger partial charge on any atom is -0.366 e. The molecular formula is C17H23N3O3. The highest BCUT2D eigenvalue weighted by Crippen LogP contribution is 2.32. The molecule has 23 heavy (non-hydrogen) atoms. The summed E-state index contributed by atoms with van der Waals surface area (Å²) >= 11 is 0. The van der Waals surface area contributed by atoms with Crippen LogP contribution in [0, 0.1) is 16.0 Å². The van der Waals surface area contributed by atoms with Crippen LogP contribution in [0.1, 0.15) is 49.4 Å². The lowest BCUT2D eigenvalue weighted by Crippen LogP contribution is -2.27. The first-order valence-electron chi connectivity index (χ1n) is 8.39. The lowest BCUT2D eigenvalue weighted by molar-refractivity contribution is -0.384. The third-order valence-corrected chi connectivity index (χ3v) is 4.70. The van der Waals surface area contributed by atoms with Gasteiger partial charge in [-0.3, -0.25) is 14.9 Å². The second-order valence-corrected chi connectivity index (χ2v) is 6.73. The minimum absolute atomic E-state index is 0.0306. The molecule has 2 fully saturated rings. The molecule has 0 aromatic heterocycles. The number of anilines is 1. The first kappa shape index (κ1) is 15.8. The number of hydrogen-bond acceptors (Lipinski definition) is 4. The molecule has 0 unspecified atom stereocenters. The van der Waals surface area contributed by atoms with E-state index in [9.17, 15) is 14.9 Å². The molecular weight excluding hydrogens is 294 g/mol. The summed E-state index contributed by atoms with van der Waals surface area (Å²) in [6.45, 7) is 3.89. The van der Waals surface area contributed by atoms with Crippen molar-refractivity contribution in [1.82, 2.24) is 5.32 Å². The largest absolute Gasteiger partial charge is 0.366 e. The molecule has 1 heterocycles. The lowest BCUT2D eigenvalue weighted by Gasteiger charge is -2.22. The molecule has 0 spiro atoms. The summed E-state index contributed by atoms with van der Waals surface area (Å²) in [5.41, 5.74) is 1.03. The van der Waals surface area contributed by atoms with Crippen molar-refractivity contribution in [3.8, 4) is 0 Å². The molecule has 1 saturated carbocycles. The molecule has 1 amide bonds. The summed E-state index contributed by atoms with van der Waals surface area (Å²) < 4.78 is 0. The number of nitrogens with zero attached hydrogens (tertiary/aromatic N) is 2. The first-order chi connectivity index (χ1) is 11.0. The SMILES string of the molecule is C[C@H]1CCCN(c2ccc(C(=O)NC3CC3)cc2[N+](=O)[O-])CC1. The second-order valence-electron chi connectivity index (χ2n) is 6.73. The molecule has 1 aromatic rings. The molecule has 0 bridgehead atoms.